The summed E-state index contributed by atoms with van der Waals surface area (Å²) in [6, 6.07) is 10.6. The van der Waals surface area contributed by atoms with E-state index in [0.29, 0.717) is 38.3 Å². The fraction of sp³-hybridized carbons (Fsp3) is 0.316. The minimum absolute atomic E-state index is 0.0609. The molecule has 7 heteroatoms. The lowest BCUT2D eigenvalue weighted by Crippen LogP contribution is -2.50. The Balaban J connectivity index is 1.48. The smallest absolute Gasteiger partial charge is 0.255 e. The molecule has 0 saturated carbocycles. The number of anilines is 1. The Hall–Kier alpha value is -2.93. The molecular formula is C19H22N4O3. The van der Waals surface area contributed by atoms with E-state index < -0.39 is 0 Å². The monoisotopic (exact) mass is 354 g/mol. The third-order valence-corrected chi connectivity index (χ3v) is 4.39. The van der Waals surface area contributed by atoms with E-state index >= 15 is 0 Å². The first-order valence-electron chi connectivity index (χ1n) is 8.58. The zero-order valence-corrected chi connectivity index (χ0v) is 14.7. The van der Waals surface area contributed by atoms with E-state index in [1.54, 1.807) is 4.90 Å². The first-order valence-corrected chi connectivity index (χ1v) is 8.58. The molecule has 1 aromatic carbocycles. The number of hydrogen-bond donors (Lipinski definition) is 2. The van der Waals surface area contributed by atoms with E-state index in [9.17, 15) is 14.4 Å². The van der Waals surface area contributed by atoms with Crippen LogP contribution in [-0.2, 0) is 4.79 Å². The molecule has 7 nitrogen and oxygen atoms in total. The molecule has 0 atom stereocenters. The summed E-state index contributed by atoms with van der Waals surface area (Å²) < 4.78 is 0. The molecule has 0 radical (unpaired) electrons. The summed E-state index contributed by atoms with van der Waals surface area (Å²) in [5, 5.41) is 2.89. The summed E-state index contributed by atoms with van der Waals surface area (Å²) >= 11 is 0. The van der Waals surface area contributed by atoms with Crippen LogP contribution in [0.2, 0.25) is 0 Å². The van der Waals surface area contributed by atoms with Crippen molar-refractivity contribution in [2.45, 2.75) is 6.92 Å². The maximum Gasteiger partial charge on any atom is 0.255 e. The molecular weight excluding hydrogens is 332 g/mol. The Morgan fingerprint density at radius 1 is 1.04 bits per heavy atom. The number of H-pyrrole nitrogens is 1. The Labute approximate surface area is 151 Å². The zero-order chi connectivity index (χ0) is 18.5. The standard InChI is InChI=1S/C19H22N4O3/c1-14-2-5-16(6-3-14)21-18(25)13-22-8-10-23(11-9-22)19(26)15-4-7-17(24)20-12-15/h2-7,12H,8-11,13H2,1H3,(H,20,24)(H,21,25). The van der Waals surface area contributed by atoms with Crippen LogP contribution in [0.1, 0.15) is 15.9 Å². The van der Waals surface area contributed by atoms with Crippen LogP contribution in [0.5, 0.6) is 0 Å². The van der Waals surface area contributed by atoms with Gasteiger partial charge < -0.3 is 15.2 Å². The molecule has 2 amide bonds. The van der Waals surface area contributed by atoms with Crippen LogP contribution >= 0.6 is 0 Å². The van der Waals surface area contributed by atoms with E-state index in [0.717, 1.165) is 11.3 Å². The topological polar surface area (TPSA) is 85.5 Å². The van der Waals surface area contributed by atoms with Gasteiger partial charge in [0.25, 0.3) is 5.91 Å². The van der Waals surface area contributed by atoms with Crippen molar-refractivity contribution >= 4 is 17.5 Å². The number of benzene rings is 1. The molecule has 1 fully saturated rings. The highest BCUT2D eigenvalue weighted by atomic mass is 16.2. The number of piperazine rings is 1. The largest absolute Gasteiger partial charge is 0.336 e. The van der Waals surface area contributed by atoms with Gasteiger partial charge in [-0.25, -0.2) is 0 Å². The summed E-state index contributed by atoms with van der Waals surface area (Å²) in [6.07, 6.45) is 1.44. The van der Waals surface area contributed by atoms with E-state index in [2.05, 4.69) is 10.3 Å². The van der Waals surface area contributed by atoms with Gasteiger partial charge in [-0.1, -0.05) is 17.7 Å². The molecule has 3 rings (SSSR count). The van der Waals surface area contributed by atoms with Gasteiger partial charge in [0.2, 0.25) is 11.5 Å². The van der Waals surface area contributed by atoms with Crippen molar-refractivity contribution in [3.63, 3.8) is 0 Å². The summed E-state index contributed by atoms with van der Waals surface area (Å²) in [6.45, 7) is 4.67. The van der Waals surface area contributed by atoms with Crippen molar-refractivity contribution in [1.29, 1.82) is 0 Å². The van der Waals surface area contributed by atoms with E-state index in [-0.39, 0.29) is 17.4 Å². The molecule has 1 aromatic heterocycles. The number of nitrogens with one attached hydrogen (secondary N) is 2. The van der Waals surface area contributed by atoms with Gasteiger partial charge in [0, 0.05) is 44.1 Å². The van der Waals surface area contributed by atoms with Gasteiger partial charge in [0.15, 0.2) is 0 Å². The first kappa shape index (κ1) is 17.9. The van der Waals surface area contributed by atoms with Gasteiger partial charge in [-0.2, -0.15) is 0 Å². The molecule has 2 heterocycles. The average molecular weight is 354 g/mol. The zero-order valence-electron chi connectivity index (χ0n) is 14.7. The highest BCUT2D eigenvalue weighted by molar-refractivity contribution is 5.94. The van der Waals surface area contributed by atoms with Crippen molar-refractivity contribution in [3.8, 4) is 0 Å². The van der Waals surface area contributed by atoms with Crippen LogP contribution in [-0.4, -0.2) is 59.3 Å². The molecule has 136 valence electrons. The summed E-state index contributed by atoms with van der Waals surface area (Å²) in [7, 11) is 0. The van der Waals surface area contributed by atoms with E-state index in [1.165, 1.54) is 18.3 Å². The average Bonchev–Trinajstić information content (AvgIpc) is 2.64. The second-order valence-corrected chi connectivity index (χ2v) is 6.42. The number of nitrogens with zero attached hydrogens (tertiary/aromatic N) is 2. The number of carbonyl (C=O) groups excluding carboxylic acids is 2. The minimum atomic E-state index is -0.231. The fourth-order valence-corrected chi connectivity index (χ4v) is 2.88. The van der Waals surface area contributed by atoms with Gasteiger partial charge in [-0.15, -0.1) is 0 Å². The normalized spacial score (nSPS) is 14.9. The predicted molar refractivity (Wildman–Crippen MR) is 99.2 cm³/mol. The van der Waals surface area contributed by atoms with Gasteiger partial charge in [0.05, 0.1) is 12.1 Å². The molecule has 26 heavy (non-hydrogen) atoms. The first-order chi connectivity index (χ1) is 12.5. The SMILES string of the molecule is Cc1ccc(NC(=O)CN2CCN(C(=O)c3ccc(=O)[nH]c3)CC2)cc1. The van der Waals surface area contributed by atoms with Gasteiger partial charge >= 0.3 is 0 Å². The molecule has 0 aliphatic carbocycles. The quantitative estimate of drug-likeness (QED) is 0.860. The Morgan fingerprint density at radius 2 is 1.73 bits per heavy atom. The highest BCUT2D eigenvalue weighted by Crippen LogP contribution is 2.10. The van der Waals surface area contributed by atoms with Crippen molar-refractivity contribution < 1.29 is 9.59 Å². The van der Waals surface area contributed by atoms with Gasteiger partial charge in [0.1, 0.15) is 0 Å². The molecule has 2 aromatic rings. The molecule has 1 saturated heterocycles. The van der Waals surface area contributed by atoms with E-state index in [1.807, 2.05) is 36.1 Å². The number of rotatable bonds is 4. The third-order valence-electron chi connectivity index (χ3n) is 4.39. The van der Waals surface area contributed by atoms with E-state index in [4.69, 9.17) is 0 Å². The summed E-state index contributed by atoms with van der Waals surface area (Å²) in [4.78, 5) is 42.0. The number of carbonyl (C=O) groups is 2. The number of aromatic nitrogens is 1. The molecule has 2 N–H and O–H groups in total. The lowest BCUT2D eigenvalue weighted by atomic mass is 10.2. The Bertz CT molecular complexity index is 816. The van der Waals surface area contributed by atoms with Crippen LogP contribution in [0.4, 0.5) is 5.69 Å². The number of aromatic amines is 1. The number of aryl methyl sites for hydroxylation is 1. The molecule has 0 bridgehead atoms. The van der Waals surface area contributed by atoms with Crippen LogP contribution in [0.3, 0.4) is 0 Å². The number of amides is 2. The van der Waals surface area contributed by atoms with Crippen LogP contribution in [0.25, 0.3) is 0 Å². The predicted octanol–water partition coefficient (Wildman–Crippen LogP) is 1.08. The van der Waals surface area contributed by atoms with Crippen molar-refractivity contribution in [3.05, 3.63) is 64.1 Å². The van der Waals surface area contributed by atoms with Crippen molar-refractivity contribution in [1.82, 2.24) is 14.8 Å². The second-order valence-electron chi connectivity index (χ2n) is 6.42. The second kappa shape index (κ2) is 7.97. The number of hydrogen-bond acceptors (Lipinski definition) is 4. The molecule has 1 aliphatic rings. The van der Waals surface area contributed by atoms with Crippen LogP contribution in [0.15, 0.2) is 47.4 Å². The maximum atomic E-state index is 12.4. The summed E-state index contributed by atoms with van der Waals surface area (Å²) in [5.74, 6) is -0.167. The van der Waals surface area contributed by atoms with Crippen LogP contribution in [0, 0.1) is 6.92 Å². The molecule has 0 unspecified atom stereocenters. The fourth-order valence-electron chi connectivity index (χ4n) is 2.88. The van der Waals surface area contributed by atoms with Crippen molar-refractivity contribution in [2.75, 3.05) is 38.0 Å². The molecule has 0 spiro atoms. The van der Waals surface area contributed by atoms with Crippen molar-refractivity contribution in [2.24, 2.45) is 0 Å². The van der Waals surface area contributed by atoms with Gasteiger partial charge in [-0.05, 0) is 25.1 Å². The maximum absolute atomic E-state index is 12.4. The van der Waals surface area contributed by atoms with Crippen LogP contribution < -0.4 is 10.9 Å². The highest BCUT2D eigenvalue weighted by Gasteiger charge is 2.23. The molecule has 1 aliphatic heterocycles. The lowest BCUT2D eigenvalue weighted by molar-refractivity contribution is -0.117. The Morgan fingerprint density at radius 3 is 2.35 bits per heavy atom. The van der Waals surface area contributed by atoms with Gasteiger partial charge in [-0.3, -0.25) is 19.3 Å². The number of pyridine rings is 1. The lowest BCUT2D eigenvalue weighted by Gasteiger charge is -2.34. The minimum Gasteiger partial charge on any atom is -0.336 e. The Kier molecular flexibility index (Phi) is 5.48. The third kappa shape index (κ3) is 4.58. The summed E-state index contributed by atoms with van der Waals surface area (Å²) in [5.41, 5.74) is 2.17.